The van der Waals surface area contributed by atoms with E-state index in [0.29, 0.717) is 38.5 Å². The number of aliphatic hydroxyl groups is 1. The summed E-state index contributed by atoms with van der Waals surface area (Å²) < 4.78 is 0. The maximum Gasteiger partial charge on any atom is 0.326 e. The molecule has 0 saturated carbocycles. The molecule has 0 fully saturated rings. The van der Waals surface area contributed by atoms with E-state index >= 15 is 9.59 Å². The lowest BCUT2D eigenvalue weighted by molar-refractivity contribution is -0.143. The third-order valence-corrected chi connectivity index (χ3v) is 23.9. The Kier molecular flexibility index (Phi) is 48.0. The molecule has 0 aliphatic carbocycles. The topological polar surface area (TPSA) is 802 Å². The number of carboxylic acids is 3. The average molecular weight is 2050 g/mol. The van der Waals surface area contributed by atoms with Gasteiger partial charge in [-0.25, -0.2) is 4.79 Å². The maximum absolute atomic E-state index is 15.2. The van der Waals surface area contributed by atoms with Crippen LogP contribution in [0.4, 0.5) is 0 Å². The summed E-state index contributed by atoms with van der Waals surface area (Å²) in [5.41, 5.74) is 31.2. The third-order valence-electron chi connectivity index (χ3n) is 23.2. The molecule has 0 aliphatic heterocycles. The summed E-state index contributed by atoms with van der Waals surface area (Å²) in [4.78, 5) is 297. The molecule has 18 amide bonds. The van der Waals surface area contributed by atoms with E-state index in [4.69, 9.17) is 28.7 Å². The van der Waals surface area contributed by atoms with E-state index in [9.17, 15) is 117 Å². The number of phenols is 1. The minimum atomic E-state index is -2.05. The minimum absolute atomic E-state index is 0.0126. The highest BCUT2D eigenvalue weighted by Gasteiger charge is 2.41. The predicted octanol–water partition coefficient (Wildman–Crippen LogP) is -4.61. The zero-order valence-corrected chi connectivity index (χ0v) is 82.0. The number of hydrogen-bond acceptors (Lipinski definition) is 27. The second-order valence-corrected chi connectivity index (χ2v) is 36.1. The number of para-hydroxylation sites is 2. The number of nitrogens with one attached hydrogen (secondary N) is 17. The van der Waals surface area contributed by atoms with E-state index in [1.54, 1.807) is 113 Å². The quantitative estimate of drug-likeness (QED) is 0.0126. The number of aliphatic hydroxyl groups excluding tert-OH is 1. The molecule has 48 nitrogen and oxygen atoms in total. The van der Waals surface area contributed by atoms with Crippen molar-refractivity contribution in [3.05, 3.63) is 138 Å². The number of amides is 18. The van der Waals surface area contributed by atoms with Crippen molar-refractivity contribution in [1.29, 1.82) is 0 Å². The van der Waals surface area contributed by atoms with Gasteiger partial charge < -0.3 is 144 Å². The van der Waals surface area contributed by atoms with Crippen LogP contribution in [0, 0.1) is 17.8 Å². The van der Waals surface area contributed by atoms with Gasteiger partial charge in [-0.3, -0.25) is 95.9 Å². The number of aromatic hydroxyl groups is 1. The molecule has 2 heterocycles. The maximum atomic E-state index is 15.2. The van der Waals surface area contributed by atoms with Gasteiger partial charge in [0.1, 0.15) is 96.4 Å². The van der Waals surface area contributed by atoms with Gasteiger partial charge in [-0.2, -0.15) is 25.3 Å². The number of carbonyl (C=O) groups is 21. The molecule has 32 N–H and O–H groups in total. The highest BCUT2D eigenvalue weighted by atomic mass is 32.1. The van der Waals surface area contributed by atoms with Crippen LogP contribution in [0.2, 0.25) is 0 Å². The number of benzene rings is 4. The predicted molar refractivity (Wildman–Crippen MR) is 527 cm³/mol. The monoisotopic (exact) mass is 2050 g/mol. The molecule has 2 aromatic heterocycles. The molecule has 50 heteroatoms. The molecule has 0 spiro atoms. The van der Waals surface area contributed by atoms with Crippen LogP contribution in [-0.2, 0) is 126 Å². The number of rotatable bonds is 63. The number of primary amides is 3. The lowest BCUT2D eigenvalue weighted by Gasteiger charge is -2.29. The number of thiol groups is 2. The van der Waals surface area contributed by atoms with E-state index in [1.807, 2.05) is 0 Å². The first-order valence-electron chi connectivity index (χ1n) is 46.5. The highest BCUT2D eigenvalue weighted by Crippen LogP contribution is 2.24. The molecular weight excluding hydrogens is 1920 g/mol. The number of phenolic OH excluding ortho intramolecular Hbond substituents is 1. The molecule has 0 aliphatic rings. The Bertz CT molecular complexity index is 5510. The summed E-state index contributed by atoms with van der Waals surface area (Å²) in [6.45, 7) is 8.54. The van der Waals surface area contributed by atoms with Gasteiger partial charge in [-0.05, 0) is 109 Å². The molecule has 0 bridgehead atoms. The Morgan fingerprint density at radius 2 is 0.715 bits per heavy atom. The van der Waals surface area contributed by atoms with Crippen LogP contribution in [0.15, 0.2) is 116 Å². The first-order valence-corrected chi connectivity index (χ1v) is 47.7. The lowest BCUT2D eigenvalue weighted by atomic mass is 9.96. The lowest BCUT2D eigenvalue weighted by Crippen LogP contribution is -2.62. The Morgan fingerprint density at radius 1 is 0.361 bits per heavy atom. The van der Waals surface area contributed by atoms with E-state index in [1.165, 1.54) is 44.3 Å². The van der Waals surface area contributed by atoms with Crippen LogP contribution in [-0.4, -0.2) is 281 Å². The average Bonchev–Trinajstić information content (AvgIpc) is 1.76. The summed E-state index contributed by atoms with van der Waals surface area (Å²) in [5, 5.41) is 88.3. The smallest absolute Gasteiger partial charge is 0.326 e. The van der Waals surface area contributed by atoms with Gasteiger partial charge >= 0.3 is 17.9 Å². The number of nitrogens with two attached hydrogens (primary N) is 5. The van der Waals surface area contributed by atoms with Crippen molar-refractivity contribution >= 4 is 171 Å². The number of aromatic nitrogens is 2. The fourth-order valence-electron chi connectivity index (χ4n) is 15.1. The fraction of sp³-hybridized carbons (Fsp3) is 0.479. The van der Waals surface area contributed by atoms with Gasteiger partial charge in [-0.1, -0.05) is 127 Å². The third kappa shape index (κ3) is 38.2. The second kappa shape index (κ2) is 58.6. The zero-order chi connectivity index (χ0) is 107. The van der Waals surface area contributed by atoms with Crippen molar-refractivity contribution in [3.63, 3.8) is 0 Å². The largest absolute Gasteiger partial charge is 0.508 e. The van der Waals surface area contributed by atoms with E-state index in [2.05, 4.69) is 115 Å². The standard InChI is InChI=1S/C94H130N22O26S2/c1-7-48(6)78(93(140)111-68(94(141)142)33-46(2)3)116-88(135)67(40-74(99)121)110-91(138)70(44-143)113-86(133)66(39-73(98)120)109-85(132)64(36-51-41-100-57-21-13-11-19-54(51)57)108-81(128)60(28-30-72(97)119)103-89(136)69(43-117)112-80(127)59(23-15-16-32-95)102-83(130)63(35-50-24-26-53(118)27-25-50)107-84(131)62(34-49-17-9-8-10-18-49)106-82(129)61(29-31-75(122)123)104-90(137)71(45-144)114-92(139)77(47(4)5)115-87(134)65(105-79(126)56(96)38-76(124)125)37-52-42-101-58-22-14-12-20-55(52)58/h8-14,17-22,24-27,41-42,46-48,56,59-71,77-78,100-101,117-118,143-144H,7,15-16,23,28-40,43-45,95-96H2,1-6H3,(H2,97,119)(H2,98,120)(H2,99,121)(H,102,130)(H,103,136)(H,104,137)(H,105,126)(H,106,129)(H,107,131)(H,108,128)(H,109,132)(H,110,138)(H,111,140)(H,112,127)(H,113,133)(H,114,139)(H,115,134)(H,116,135)(H,122,123)(H,124,125)(H,141,142)/t48-,56-,59-,60-,61-,62-,63-,64-,65-,66-,67-,68-,69-,70-,71-,77-,78-/m0/s1. The van der Waals surface area contributed by atoms with Crippen LogP contribution in [0.25, 0.3) is 21.8 Å². The number of hydrogen-bond donors (Lipinski definition) is 29. The molecule has 6 rings (SSSR count). The first-order chi connectivity index (χ1) is 68.2. The summed E-state index contributed by atoms with van der Waals surface area (Å²) in [5.74, 6) is -27.6. The van der Waals surface area contributed by atoms with Crippen molar-refractivity contribution in [2.75, 3.05) is 24.7 Å². The molecule has 144 heavy (non-hydrogen) atoms. The van der Waals surface area contributed by atoms with Crippen molar-refractivity contribution in [2.45, 2.75) is 241 Å². The summed E-state index contributed by atoms with van der Waals surface area (Å²) in [6, 6.07) is -0.727. The van der Waals surface area contributed by atoms with Crippen LogP contribution < -0.4 is 108 Å². The van der Waals surface area contributed by atoms with Gasteiger partial charge in [0.25, 0.3) is 0 Å². The number of unbranched alkanes of at least 4 members (excludes halogenated alkanes) is 1. The van der Waals surface area contributed by atoms with Gasteiger partial charge in [0.2, 0.25) is 106 Å². The van der Waals surface area contributed by atoms with Crippen LogP contribution >= 0.6 is 25.3 Å². The Labute approximate surface area is 838 Å². The van der Waals surface area contributed by atoms with Crippen LogP contribution in [0.3, 0.4) is 0 Å². The molecule has 0 radical (unpaired) electrons. The molecule has 6 aromatic rings. The normalized spacial score (nSPS) is 14.8. The van der Waals surface area contributed by atoms with Gasteiger partial charge in [-0.15, -0.1) is 0 Å². The van der Waals surface area contributed by atoms with Gasteiger partial charge in [0.15, 0.2) is 0 Å². The van der Waals surface area contributed by atoms with Gasteiger partial charge in [0, 0.05) is 84.2 Å². The number of aromatic amines is 2. The SMILES string of the molecule is CC[C@H](C)[C@H](NC(=O)[C@H](CC(N)=O)NC(=O)[C@H](CS)NC(=O)[C@H](CC(N)=O)NC(=O)[C@H](Cc1c[nH]c2ccccc12)NC(=O)[C@H](CCC(N)=O)NC(=O)[C@H](CO)NC(=O)[C@H](CCCCN)NC(=O)[C@H](Cc1ccc(O)cc1)NC(=O)[C@H](Cc1ccccc1)NC(=O)[C@H](CCC(=O)O)NC(=O)[C@H](CS)NC(=O)[C@@H](NC(=O)[C@H](Cc1c[nH]c2ccccc12)NC(=O)[C@@H](N)CC(=O)O)C(C)C)C(=O)N[C@@H](CC(C)C)C(=O)O. The van der Waals surface area contributed by atoms with Crippen molar-refractivity contribution in [1.82, 2.24) is 89.7 Å². The summed E-state index contributed by atoms with van der Waals surface area (Å²) >= 11 is 8.50. The first kappa shape index (κ1) is 118. The zero-order valence-electron chi connectivity index (χ0n) is 80.2. The molecule has 17 atom stereocenters. The van der Waals surface area contributed by atoms with E-state index in [0.717, 1.165) is 0 Å². The Morgan fingerprint density at radius 3 is 1.14 bits per heavy atom. The second-order valence-electron chi connectivity index (χ2n) is 35.4. The van der Waals surface area contributed by atoms with Crippen molar-refractivity contribution < 1.29 is 126 Å². The minimum Gasteiger partial charge on any atom is -0.508 e. The van der Waals surface area contributed by atoms with E-state index in [-0.39, 0.29) is 68.7 Å². The van der Waals surface area contributed by atoms with E-state index < -0.39 is 309 Å². The Balaban J connectivity index is 1.24. The summed E-state index contributed by atoms with van der Waals surface area (Å²) in [7, 11) is 0. The van der Waals surface area contributed by atoms with Crippen molar-refractivity contribution in [2.24, 2.45) is 46.4 Å². The number of carbonyl (C=O) groups excluding carboxylic acids is 18. The van der Waals surface area contributed by atoms with Crippen molar-refractivity contribution in [3.8, 4) is 5.75 Å². The summed E-state index contributed by atoms with van der Waals surface area (Å²) in [6.07, 6.45) is -3.63. The van der Waals surface area contributed by atoms with Crippen LogP contribution in [0.5, 0.6) is 5.75 Å². The number of H-pyrrole nitrogens is 2. The fourth-order valence-corrected chi connectivity index (χ4v) is 15.6. The molecular formula is C94H130N22O26S2. The van der Waals surface area contributed by atoms with Crippen LogP contribution in [0.1, 0.15) is 141 Å². The molecule has 4 aromatic carbocycles. The molecule has 0 unspecified atom stereocenters. The highest BCUT2D eigenvalue weighted by molar-refractivity contribution is 7.80. The van der Waals surface area contributed by atoms with Gasteiger partial charge in [0.05, 0.1) is 31.9 Å². The number of fused-ring (bicyclic) bond motifs is 2. The Hall–Kier alpha value is -14.8. The number of aliphatic carboxylic acids is 3. The molecule has 0 saturated heterocycles. The molecule has 784 valence electrons. The number of carboxylic acid groups (broad SMARTS) is 3.